The summed E-state index contributed by atoms with van der Waals surface area (Å²) >= 11 is 7.20. The first-order valence-corrected chi connectivity index (χ1v) is 12.9. The molecule has 1 fully saturated rings. The summed E-state index contributed by atoms with van der Waals surface area (Å²) in [6, 6.07) is 15.5. The molecule has 172 valence electrons. The molecule has 1 aromatic carbocycles. The van der Waals surface area contributed by atoms with Crippen LogP contribution in [-0.4, -0.2) is 36.8 Å². The summed E-state index contributed by atoms with van der Waals surface area (Å²) in [6.07, 6.45) is 1.11. The number of aromatic nitrogens is 1. The molecule has 0 aliphatic carbocycles. The van der Waals surface area contributed by atoms with Crippen LogP contribution in [0.2, 0.25) is 5.02 Å². The number of carboxylic acids is 1. The molecule has 1 unspecified atom stereocenters. The predicted molar refractivity (Wildman–Crippen MR) is 127 cm³/mol. The first-order chi connectivity index (χ1) is 15.7. The Morgan fingerprint density at radius 1 is 1.15 bits per heavy atom. The third kappa shape index (κ3) is 4.72. The Morgan fingerprint density at radius 2 is 1.91 bits per heavy atom. The molecule has 10 heteroatoms. The van der Waals surface area contributed by atoms with Gasteiger partial charge in [0.2, 0.25) is 10.0 Å². The van der Waals surface area contributed by atoms with E-state index in [0.717, 1.165) is 10.4 Å². The quantitative estimate of drug-likeness (QED) is 0.482. The fourth-order valence-electron chi connectivity index (χ4n) is 4.06. The number of nitrogens with one attached hydrogen (secondary N) is 1. The summed E-state index contributed by atoms with van der Waals surface area (Å²) in [5.74, 6) is -2.13. The van der Waals surface area contributed by atoms with Gasteiger partial charge in [0, 0.05) is 33.4 Å². The molecule has 2 atom stereocenters. The number of halogens is 1. The maximum Gasteiger partial charge on any atom is 0.305 e. The van der Waals surface area contributed by atoms with Gasteiger partial charge in [-0.3, -0.25) is 14.6 Å². The Hall–Kier alpha value is -2.59. The average molecular weight is 505 g/mol. The second-order valence-electron chi connectivity index (χ2n) is 7.90. The van der Waals surface area contributed by atoms with Crippen LogP contribution in [0.5, 0.6) is 0 Å². The molecule has 2 aromatic heterocycles. The highest BCUT2D eigenvalue weighted by atomic mass is 35.5. The summed E-state index contributed by atoms with van der Waals surface area (Å²) in [5, 5.41) is 10.2. The van der Waals surface area contributed by atoms with Gasteiger partial charge in [-0.15, -0.1) is 11.3 Å². The highest BCUT2D eigenvalue weighted by molar-refractivity contribution is 7.90. The van der Waals surface area contributed by atoms with Crippen LogP contribution in [0, 0.1) is 5.92 Å². The molecule has 7 nitrogen and oxygen atoms in total. The number of carboxylic acid groups (broad SMARTS) is 1. The topological polar surface area (TPSA) is 113 Å². The minimum Gasteiger partial charge on any atom is -0.481 e. The largest absolute Gasteiger partial charge is 0.481 e. The maximum absolute atomic E-state index is 13.4. The summed E-state index contributed by atoms with van der Waals surface area (Å²) in [5.41, 5.74) is 1.11. The Kier molecular flexibility index (Phi) is 6.67. The van der Waals surface area contributed by atoms with E-state index in [0.29, 0.717) is 9.90 Å². The van der Waals surface area contributed by atoms with Crippen molar-refractivity contribution < 1.29 is 23.1 Å². The van der Waals surface area contributed by atoms with Gasteiger partial charge < -0.3 is 5.11 Å². The van der Waals surface area contributed by atoms with Crippen molar-refractivity contribution in [1.82, 2.24) is 9.71 Å². The lowest BCUT2D eigenvalue weighted by molar-refractivity contribution is -0.137. The second-order valence-corrected chi connectivity index (χ2v) is 11.5. The lowest BCUT2D eigenvalue weighted by atomic mass is 9.88. The average Bonchev–Trinajstić information content (AvgIpc) is 3.24. The Balaban J connectivity index is 1.71. The zero-order valence-electron chi connectivity index (χ0n) is 17.4. The molecule has 1 aliphatic heterocycles. The lowest BCUT2D eigenvalue weighted by Crippen LogP contribution is -2.44. The number of carbonyl (C=O) groups is 2. The van der Waals surface area contributed by atoms with E-state index in [9.17, 15) is 23.1 Å². The van der Waals surface area contributed by atoms with E-state index in [1.807, 2.05) is 12.1 Å². The predicted octanol–water partition coefficient (Wildman–Crippen LogP) is 4.35. The molecule has 0 radical (unpaired) electrons. The molecule has 3 heterocycles. The molecule has 0 spiro atoms. The molecule has 1 saturated heterocycles. The van der Waals surface area contributed by atoms with Gasteiger partial charge in [-0.1, -0.05) is 29.8 Å². The number of ketones is 1. The zero-order chi connectivity index (χ0) is 23.6. The van der Waals surface area contributed by atoms with Gasteiger partial charge in [0.05, 0.1) is 6.42 Å². The number of carbonyl (C=O) groups excluding carboxylic acids is 1. The number of hydrogen-bond acceptors (Lipinski definition) is 6. The third-order valence-corrected chi connectivity index (χ3v) is 9.70. The van der Waals surface area contributed by atoms with Gasteiger partial charge in [0.25, 0.3) is 0 Å². The molecule has 0 saturated carbocycles. The van der Waals surface area contributed by atoms with E-state index < -0.39 is 33.1 Å². The van der Waals surface area contributed by atoms with Crippen molar-refractivity contribution in [3.05, 3.63) is 76.4 Å². The van der Waals surface area contributed by atoms with Crippen LogP contribution in [0.3, 0.4) is 0 Å². The molecular formula is C23H21ClN2O5S2. The smallest absolute Gasteiger partial charge is 0.305 e. The zero-order valence-corrected chi connectivity index (χ0v) is 19.8. The number of sulfonamides is 1. The van der Waals surface area contributed by atoms with Crippen molar-refractivity contribution >= 4 is 44.7 Å². The molecule has 0 bridgehead atoms. The molecule has 2 N–H and O–H groups in total. The van der Waals surface area contributed by atoms with Crippen LogP contribution in [0.25, 0.3) is 10.4 Å². The van der Waals surface area contributed by atoms with E-state index in [2.05, 4.69) is 9.71 Å². The van der Waals surface area contributed by atoms with Gasteiger partial charge in [0.15, 0.2) is 5.78 Å². The van der Waals surface area contributed by atoms with Gasteiger partial charge in [-0.2, -0.15) is 0 Å². The number of nitrogens with zero attached hydrogens (tertiary/aromatic N) is 1. The lowest BCUT2D eigenvalue weighted by Gasteiger charge is -2.29. The van der Waals surface area contributed by atoms with Crippen molar-refractivity contribution in [3.63, 3.8) is 0 Å². The minimum atomic E-state index is -4.11. The van der Waals surface area contributed by atoms with Gasteiger partial charge >= 0.3 is 5.97 Å². The number of thiophene rings is 1. The molecule has 0 amide bonds. The number of aliphatic carboxylic acids is 1. The molecule has 1 aliphatic rings. The van der Waals surface area contributed by atoms with Crippen LogP contribution < -0.4 is 4.72 Å². The highest BCUT2D eigenvalue weighted by Gasteiger charge is 2.50. The van der Waals surface area contributed by atoms with Crippen molar-refractivity contribution in [1.29, 1.82) is 0 Å². The summed E-state index contributed by atoms with van der Waals surface area (Å²) in [4.78, 5) is 30.0. The SMILES string of the molecule is O=C(O)C[C@]1(c2ccc(-c3ccc(Cl)cc3)s2)CCC(C(=O)c2ccccn2)CNS1(=O)=O. The van der Waals surface area contributed by atoms with E-state index in [1.54, 1.807) is 42.5 Å². The Labute approximate surface area is 200 Å². The van der Waals surface area contributed by atoms with Crippen LogP contribution in [0.15, 0.2) is 60.8 Å². The van der Waals surface area contributed by atoms with Crippen molar-refractivity contribution in [2.24, 2.45) is 5.92 Å². The molecule has 4 rings (SSSR count). The Bertz CT molecular complexity index is 1280. The van der Waals surface area contributed by atoms with E-state index >= 15 is 0 Å². The maximum atomic E-state index is 13.4. The first-order valence-electron chi connectivity index (χ1n) is 10.2. The normalized spacial score (nSPS) is 22.4. The highest BCUT2D eigenvalue weighted by Crippen LogP contribution is 2.46. The number of hydrogen-bond donors (Lipinski definition) is 2. The monoisotopic (exact) mass is 504 g/mol. The van der Waals surface area contributed by atoms with Crippen LogP contribution in [0.4, 0.5) is 0 Å². The van der Waals surface area contributed by atoms with Gasteiger partial charge in [-0.25, -0.2) is 13.1 Å². The molecular weight excluding hydrogens is 484 g/mol. The van der Waals surface area contributed by atoms with E-state index in [1.165, 1.54) is 17.5 Å². The van der Waals surface area contributed by atoms with Crippen LogP contribution in [-0.2, 0) is 19.6 Å². The van der Waals surface area contributed by atoms with Crippen LogP contribution in [0.1, 0.15) is 34.6 Å². The number of benzene rings is 1. The molecule has 3 aromatic rings. The van der Waals surface area contributed by atoms with Crippen LogP contribution >= 0.6 is 22.9 Å². The summed E-state index contributed by atoms with van der Waals surface area (Å²) in [7, 11) is -4.11. The van der Waals surface area contributed by atoms with Crippen molar-refractivity contribution in [2.45, 2.75) is 24.0 Å². The third-order valence-electron chi connectivity index (χ3n) is 5.84. The van der Waals surface area contributed by atoms with Crippen molar-refractivity contribution in [2.75, 3.05) is 6.54 Å². The van der Waals surface area contributed by atoms with Crippen molar-refractivity contribution in [3.8, 4) is 10.4 Å². The fourth-order valence-corrected chi connectivity index (χ4v) is 7.49. The summed E-state index contributed by atoms with van der Waals surface area (Å²) in [6.45, 7) is -0.103. The Morgan fingerprint density at radius 3 is 2.58 bits per heavy atom. The van der Waals surface area contributed by atoms with E-state index in [-0.39, 0.29) is 30.9 Å². The second kappa shape index (κ2) is 9.34. The summed E-state index contributed by atoms with van der Waals surface area (Å²) < 4.78 is 27.7. The number of pyridine rings is 1. The fraction of sp³-hybridized carbons (Fsp3) is 0.261. The minimum absolute atomic E-state index is 0.00154. The van der Waals surface area contributed by atoms with Gasteiger partial charge in [0.1, 0.15) is 10.4 Å². The standard InChI is InChI=1S/C23H21ClN2O5S2/c24-17-6-4-15(5-7-17)19-8-9-20(32-19)23(13-21(27)28)11-10-16(14-26-33(23,30)31)22(29)18-3-1-2-12-25-18/h1-9,12,16,26H,10-11,13-14H2,(H,27,28)/t16?,23-/m0/s1. The number of rotatable bonds is 6. The molecule has 33 heavy (non-hydrogen) atoms. The van der Waals surface area contributed by atoms with Gasteiger partial charge in [-0.05, 0) is 54.8 Å². The first kappa shape index (κ1) is 23.6. The van der Waals surface area contributed by atoms with E-state index in [4.69, 9.17) is 11.6 Å². The number of Topliss-reactive ketones (excluding diaryl/α,β-unsaturated/α-hetero) is 1.